The Bertz CT molecular complexity index is 584. The summed E-state index contributed by atoms with van der Waals surface area (Å²) in [4.78, 5) is 0. The van der Waals surface area contributed by atoms with Crippen LogP contribution in [0.1, 0.15) is 18.4 Å². The van der Waals surface area contributed by atoms with Crippen LogP contribution < -0.4 is 10.0 Å². The highest BCUT2D eigenvalue weighted by atomic mass is 79.9. The molecule has 0 spiro atoms. The fourth-order valence-corrected chi connectivity index (χ4v) is 4.34. The van der Waals surface area contributed by atoms with Gasteiger partial charge in [0, 0.05) is 17.6 Å². The molecule has 0 saturated carbocycles. The molecule has 0 aromatic heterocycles. The minimum absolute atomic E-state index is 0.562. The van der Waals surface area contributed by atoms with Crippen LogP contribution in [-0.2, 0) is 10.2 Å². The normalized spacial score (nSPS) is 17.9. The Morgan fingerprint density at radius 2 is 2.00 bits per heavy atom. The fourth-order valence-electron chi connectivity index (χ4n) is 2.57. The maximum atomic E-state index is 12.5. The zero-order valence-corrected chi connectivity index (χ0v) is 14.8. The van der Waals surface area contributed by atoms with E-state index in [1.54, 1.807) is 6.07 Å². The number of aryl methyl sites for hydroxylation is 1. The van der Waals surface area contributed by atoms with Crippen molar-refractivity contribution in [2.24, 2.45) is 5.92 Å². The fraction of sp³-hybridized carbons (Fsp3) is 0.571. The van der Waals surface area contributed by atoms with Crippen LogP contribution in [0.25, 0.3) is 0 Å². The Morgan fingerprint density at radius 1 is 1.33 bits per heavy atom. The lowest BCUT2D eigenvalue weighted by atomic mass is 9.98. The Morgan fingerprint density at radius 3 is 2.62 bits per heavy atom. The summed E-state index contributed by atoms with van der Waals surface area (Å²) in [6.07, 6.45) is 1.80. The summed E-state index contributed by atoms with van der Waals surface area (Å²) in [6, 6.07) is 5.55. The quantitative estimate of drug-likeness (QED) is 0.829. The van der Waals surface area contributed by atoms with Gasteiger partial charge in [-0.25, -0.2) is 0 Å². The first-order valence-corrected chi connectivity index (χ1v) is 9.35. The summed E-state index contributed by atoms with van der Waals surface area (Å²) in [5, 5.41) is 3.15. The lowest BCUT2D eigenvalue weighted by Gasteiger charge is -2.31. The van der Waals surface area contributed by atoms with Crippen molar-refractivity contribution in [1.29, 1.82) is 0 Å². The van der Waals surface area contributed by atoms with Crippen molar-refractivity contribution in [2.75, 3.05) is 31.4 Å². The second-order valence-corrected chi connectivity index (χ2v) is 7.91. The second-order valence-electron chi connectivity index (χ2n) is 5.44. The second kappa shape index (κ2) is 7.09. The van der Waals surface area contributed by atoms with Crippen LogP contribution >= 0.6 is 15.9 Å². The highest BCUT2D eigenvalue weighted by molar-refractivity contribution is 9.10. The highest BCUT2D eigenvalue weighted by Gasteiger charge is 2.28. The molecule has 0 unspecified atom stereocenters. The SMILES string of the molecule is CNCC1CCN(S(=O)(=O)Nc2cccc(C)c2Br)CC1. The highest BCUT2D eigenvalue weighted by Crippen LogP contribution is 2.28. The number of piperidine rings is 1. The molecule has 0 amide bonds. The van der Waals surface area contributed by atoms with E-state index in [1.807, 2.05) is 26.1 Å². The van der Waals surface area contributed by atoms with Crippen LogP contribution in [0.5, 0.6) is 0 Å². The van der Waals surface area contributed by atoms with Crippen molar-refractivity contribution in [2.45, 2.75) is 19.8 Å². The van der Waals surface area contributed by atoms with E-state index < -0.39 is 10.2 Å². The molecule has 2 N–H and O–H groups in total. The van der Waals surface area contributed by atoms with E-state index in [-0.39, 0.29) is 0 Å². The van der Waals surface area contributed by atoms with E-state index in [0.29, 0.717) is 24.7 Å². The van der Waals surface area contributed by atoms with Gasteiger partial charge in [-0.1, -0.05) is 12.1 Å². The number of nitrogens with zero attached hydrogens (tertiary/aromatic N) is 1. The van der Waals surface area contributed by atoms with Crippen LogP contribution in [0.15, 0.2) is 22.7 Å². The lowest BCUT2D eigenvalue weighted by molar-refractivity contribution is 0.272. The number of anilines is 1. The molecule has 2 rings (SSSR count). The summed E-state index contributed by atoms with van der Waals surface area (Å²) in [5.41, 5.74) is 1.59. The lowest BCUT2D eigenvalue weighted by Crippen LogP contribution is -2.43. The van der Waals surface area contributed by atoms with Gasteiger partial charge in [-0.3, -0.25) is 4.72 Å². The summed E-state index contributed by atoms with van der Waals surface area (Å²) >= 11 is 3.43. The molecule has 0 atom stereocenters. The maximum Gasteiger partial charge on any atom is 0.301 e. The van der Waals surface area contributed by atoms with Crippen molar-refractivity contribution in [3.05, 3.63) is 28.2 Å². The minimum atomic E-state index is -3.48. The molecule has 118 valence electrons. The minimum Gasteiger partial charge on any atom is -0.319 e. The number of benzene rings is 1. The molecule has 21 heavy (non-hydrogen) atoms. The summed E-state index contributed by atoms with van der Waals surface area (Å²) in [7, 11) is -1.55. The van der Waals surface area contributed by atoms with Gasteiger partial charge in [0.05, 0.1) is 5.69 Å². The smallest absolute Gasteiger partial charge is 0.301 e. The largest absolute Gasteiger partial charge is 0.319 e. The standard InChI is InChI=1S/C14H22BrN3O2S/c1-11-4-3-5-13(14(11)15)17-21(19,20)18-8-6-12(7-9-18)10-16-2/h3-5,12,16-17H,6-10H2,1-2H3. The van der Waals surface area contributed by atoms with Gasteiger partial charge in [0.2, 0.25) is 0 Å². The van der Waals surface area contributed by atoms with Crippen LogP contribution in [-0.4, -0.2) is 39.4 Å². The van der Waals surface area contributed by atoms with Gasteiger partial charge in [0.25, 0.3) is 0 Å². The van der Waals surface area contributed by atoms with Gasteiger partial charge < -0.3 is 5.32 Å². The Kier molecular flexibility index (Phi) is 5.65. The van der Waals surface area contributed by atoms with Crippen molar-refractivity contribution < 1.29 is 8.42 Å². The molecule has 7 heteroatoms. The van der Waals surface area contributed by atoms with Gasteiger partial charge in [0.15, 0.2) is 0 Å². The first kappa shape index (κ1) is 16.7. The molecule has 0 radical (unpaired) electrons. The zero-order chi connectivity index (χ0) is 15.5. The van der Waals surface area contributed by atoms with Crippen LogP contribution in [0, 0.1) is 12.8 Å². The molecule has 1 aromatic carbocycles. The third kappa shape index (κ3) is 4.18. The molecule has 0 aliphatic carbocycles. The van der Waals surface area contributed by atoms with Gasteiger partial charge in [-0.05, 0) is 66.8 Å². The molecular weight excluding hydrogens is 354 g/mol. The summed E-state index contributed by atoms with van der Waals surface area (Å²) < 4.78 is 29.9. The van der Waals surface area contributed by atoms with Gasteiger partial charge in [0.1, 0.15) is 0 Å². The third-order valence-corrected chi connectivity index (χ3v) is 6.41. The monoisotopic (exact) mass is 375 g/mol. The topological polar surface area (TPSA) is 61.4 Å². The molecule has 1 aliphatic heterocycles. The van der Waals surface area contributed by atoms with E-state index in [4.69, 9.17) is 0 Å². The average Bonchev–Trinajstić information content (AvgIpc) is 2.45. The Labute approximate surface area is 135 Å². The van der Waals surface area contributed by atoms with Crippen LogP contribution in [0.2, 0.25) is 0 Å². The molecule has 1 aliphatic rings. The molecular formula is C14H22BrN3O2S. The van der Waals surface area contributed by atoms with E-state index in [9.17, 15) is 8.42 Å². The first-order chi connectivity index (χ1) is 9.94. The number of nitrogens with one attached hydrogen (secondary N) is 2. The van der Waals surface area contributed by atoms with Crippen LogP contribution in [0.3, 0.4) is 0 Å². The van der Waals surface area contributed by atoms with Gasteiger partial charge >= 0.3 is 10.2 Å². The summed E-state index contributed by atoms with van der Waals surface area (Å²) in [6.45, 7) is 4.03. The van der Waals surface area contributed by atoms with Crippen molar-refractivity contribution in [3.8, 4) is 0 Å². The van der Waals surface area contributed by atoms with Crippen molar-refractivity contribution >= 4 is 31.8 Å². The Hall–Kier alpha value is -0.630. The Balaban J connectivity index is 2.04. The first-order valence-electron chi connectivity index (χ1n) is 7.11. The average molecular weight is 376 g/mol. The molecule has 0 bridgehead atoms. The zero-order valence-electron chi connectivity index (χ0n) is 12.4. The summed E-state index contributed by atoms with van der Waals surface area (Å²) in [5.74, 6) is 0.562. The predicted octanol–water partition coefficient (Wildman–Crippen LogP) is 2.35. The number of halogens is 1. The predicted molar refractivity (Wildman–Crippen MR) is 89.6 cm³/mol. The van der Waals surface area contributed by atoms with E-state index >= 15 is 0 Å². The van der Waals surface area contributed by atoms with E-state index in [0.717, 1.165) is 29.4 Å². The van der Waals surface area contributed by atoms with Gasteiger partial charge in [-0.2, -0.15) is 12.7 Å². The van der Waals surface area contributed by atoms with Crippen molar-refractivity contribution in [3.63, 3.8) is 0 Å². The van der Waals surface area contributed by atoms with Crippen LogP contribution in [0.4, 0.5) is 5.69 Å². The molecule has 1 fully saturated rings. The number of hydrogen-bond acceptors (Lipinski definition) is 3. The number of hydrogen-bond donors (Lipinski definition) is 2. The van der Waals surface area contributed by atoms with Crippen molar-refractivity contribution in [1.82, 2.24) is 9.62 Å². The molecule has 1 aromatic rings. The third-order valence-electron chi connectivity index (χ3n) is 3.84. The van der Waals surface area contributed by atoms with Gasteiger partial charge in [-0.15, -0.1) is 0 Å². The maximum absolute atomic E-state index is 12.5. The van der Waals surface area contributed by atoms with E-state index in [2.05, 4.69) is 26.0 Å². The molecule has 5 nitrogen and oxygen atoms in total. The number of rotatable bonds is 5. The van der Waals surface area contributed by atoms with E-state index in [1.165, 1.54) is 4.31 Å². The molecule has 1 heterocycles. The molecule has 1 saturated heterocycles.